The fourth-order valence-corrected chi connectivity index (χ4v) is 3.85. The van der Waals surface area contributed by atoms with Crippen LogP contribution in [0.25, 0.3) is 22.3 Å². The third kappa shape index (κ3) is 4.41. The van der Waals surface area contributed by atoms with Crippen LogP contribution in [-0.2, 0) is 0 Å². The van der Waals surface area contributed by atoms with E-state index >= 15 is 0 Å². The van der Waals surface area contributed by atoms with Gasteiger partial charge in [-0.25, -0.2) is 0 Å². The smallest absolute Gasteiger partial charge is 0.203 e. The number of furan rings is 1. The summed E-state index contributed by atoms with van der Waals surface area (Å²) in [5.74, 6) is 2.25. The predicted molar refractivity (Wildman–Crippen MR) is 130 cm³/mol. The zero-order valence-corrected chi connectivity index (χ0v) is 20.1. The molecule has 6 nitrogen and oxygen atoms in total. The number of carbonyl (C=O) groups is 1. The first-order valence-corrected chi connectivity index (χ1v) is 11.4. The molecule has 0 fully saturated rings. The van der Waals surface area contributed by atoms with Crippen LogP contribution in [0.1, 0.15) is 15.9 Å². The van der Waals surface area contributed by atoms with E-state index in [1.165, 1.54) is 21.3 Å². The number of methoxy groups -OCH3 is 3. The molecule has 170 valence electrons. The van der Waals surface area contributed by atoms with Gasteiger partial charge < -0.3 is 23.4 Å². The second kappa shape index (κ2) is 10.0. The zero-order valence-electron chi connectivity index (χ0n) is 18.5. The highest BCUT2D eigenvalue weighted by Gasteiger charge is 2.25. The normalized spacial score (nSPS) is 10.8. The largest absolute Gasteiger partial charge is 0.493 e. The van der Waals surface area contributed by atoms with Crippen molar-refractivity contribution in [3.63, 3.8) is 0 Å². The van der Waals surface area contributed by atoms with E-state index in [2.05, 4.69) is 15.9 Å². The molecule has 0 amide bonds. The summed E-state index contributed by atoms with van der Waals surface area (Å²) in [4.78, 5) is 13.8. The van der Waals surface area contributed by atoms with Gasteiger partial charge in [0.1, 0.15) is 17.1 Å². The first-order chi connectivity index (χ1) is 16.1. The van der Waals surface area contributed by atoms with E-state index in [-0.39, 0.29) is 5.78 Å². The summed E-state index contributed by atoms with van der Waals surface area (Å²) in [6.07, 6.45) is 0. The summed E-state index contributed by atoms with van der Waals surface area (Å²) in [5, 5.41) is 1.47. The van der Waals surface area contributed by atoms with Crippen LogP contribution in [0.3, 0.4) is 0 Å². The summed E-state index contributed by atoms with van der Waals surface area (Å²) in [7, 11) is 4.56. The van der Waals surface area contributed by atoms with Crippen molar-refractivity contribution in [2.24, 2.45) is 0 Å². The first kappa shape index (κ1) is 22.7. The van der Waals surface area contributed by atoms with Gasteiger partial charge in [-0.05, 0) is 42.5 Å². The van der Waals surface area contributed by atoms with Crippen LogP contribution in [-0.4, -0.2) is 39.0 Å². The molecule has 0 aliphatic rings. The predicted octanol–water partition coefficient (Wildman–Crippen LogP) is 6.13. The number of hydrogen-bond acceptors (Lipinski definition) is 6. The minimum atomic E-state index is -0.214. The van der Waals surface area contributed by atoms with Gasteiger partial charge in [0.15, 0.2) is 17.3 Å². The van der Waals surface area contributed by atoms with E-state index in [1.54, 1.807) is 12.1 Å². The second-order valence-electron chi connectivity index (χ2n) is 7.11. The quantitative estimate of drug-likeness (QED) is 0.199. The van der Waals surface area contributed by atoms with E-state index in [4.69, 9.17) is 23.4 Å². The molecule has 0 unspecified atom stereocenters. The standard InChI is InChI=1S/C26H23BrO6/c1-29-21-14-17(15-22(30-2)26(21)31-3)24(28)23-19-6-4-5-7-20(19)33-25(23)16-8-10-18(11-9-16)32-13-12-27/h4-11,14-15H,12-13H2,1-3H3. The van der Waals surface area contributed by atoms with Gasteiger partial charge in [0.05, 0.1) is 33.5 Å². The van der Waals surface area contributed by atoms with Crippen LogP contribution in [0.4, 0.5) is 0 Å². The van der Waals surface area contributed by atoms with Crippen molar-refractivity contribution in [1.82, 2.24) is 0 Å². The first-order valence-electron chi connectivity index (χ1n) is 10.3. The van der Waals surface area contributed by atoms with Gasteiger partial charge in [0.2, 0.25) is 5.75 Å². The molecule has 33 heavy (non-hydrogen) atoms. The second-order valence-corrected chi connectivity index (χ2v) is 7.90. The Labute approximate surface area is 200 Å². The van der Waals surface area contributed by atoms with Gasteiger partial charge in [-0.15, -0.1) is 0 Å². The molecule has 0 saturated heterocycles. The maximum atomic E-state index is 13.8. The summed E-state index contributed by atoms with van der Waals surface area (Å²) >= 11 is 3.35. The van der Waals surface area contributed by atoms with E-state index < -0.39 is 0 Å². The van der Waals surface area contributed by atoms with Crippen LogP contribution >= 0.6 is 15.9 Å². The van der Waals surface area contributed by atoms with E-state index in [0.717, 1.165) is 22.0 Å². The number of carbonyl (C=O) groups excluding carboxylic acids is 1. The fraction of sp³-hybridized carbons (Fsp3) is 0.192. The molecule has 4 rings (SSSR count). The topological polar surface area (TPSA) is 67.1 Å². The lowest BCUT2D eigenvalue weighted by Crippen LogP contribution is -2.05. The summed E-state index contributed by atoms with van der Waals surface area (Å²) in [6, 6.07) is 18.3. The minimum Gasteiger partial charge on any atom is -0.493 e. The molecule has 1 heterocycles. The molecular weight excluding hydrogens is 488 g/mol. The molecule has 0 aliphatic heterocycles. The molecule has 0 spiro atoms. The lowest BCUT2D eigenvalue weighted by atomic mass is 9.97. The highest BCUT2D eigenvalue weighted by Crippen LogP contribution is 2.41. The van der Waals surface area contributed by atoms with Crippen LogP contribution in [0.15, 0.2) is 65.1 Å². The number of hydrogen-bond donors (Lipinski definition) is 0. The van der Waals surface area contributed by atoms with Crippen molar-refractivity contribution in [1.29, 1.82) is 0 Å². The van der Waals surface area contributed by atoms with Crippen LogP contribution < -0.4 is 18.9 Å². The fourth-order valence-electron chi connectivity index (χ4n) is 3.69. The maximum absolute atomic E-state index is 13.8. The number of ketones is 1. The van der Waals surface area contributed by atoms with Crippen molar-refractivity contribution in [3.05, 3.63) is 71.8 Å². The van der Waals surface area contributed by atoms with Gasteiger partial charge in [-0.3, -0.25) is 4.79 Å². The monoisotopic (exact) mass is 510 g/mol. The Balaban J connectivity index is 1.85. The summed E-state index contributed by atoms with van der Waals surface area (Å²) in [5.41, 5.74) is 2.26. The van der Waals surface area contributed by atoms with Crippen molar-refractivity contribution in [2.45, 2.75) is 0 Å². The van der Waals surface area contributed by atoms with Gasteiger partial charge in [0.25, 0.3) is 0 Å². The molecular formula is C26H23BrO6. The average Bonchev–Trinajstić information content (AvgIpc) is 3.25. The van der Waals surface area contributed by atoms with Crippen LogP contribution in [0.5, 0.6) is 23.0 Å². The number of rotatable bonds is 9. The molecule has 4 aromatic rings. The van der Waals surface area contributed by atoms with Gasteiger partial charge in [0, 0.05) is 21.8 Å². The summed E-state index contributed by atoms with van der Waals surface area (Å²) in [6.45, 7) is 0.564. The number of fused-ring (bicyclic) bond motifs is 1. The SMILES string of the molecule is COc1cc(C(=O)c2c(-c3ccc(OCCBr)cc3)oc3ccccc23)cc(OC)c1OC. The number of para-hydroxylation sites is 1. The number of halogens is 1. The molecule has 0 aliphatic carbocycles. The van der Waals surface area contributed by atoms with Crippen molar-refractivity contribution in [2.75, 3.05) is 33.3 Å². The lowest BCUT2D eigenvalue weighted by molar-refractivity contribution is 0.103. The van der Waals surface area contributed by atoms with E-state index in [9.17, 15) is 4.79 Å². The zero-order chi connectivity index (χ0) is 23.4. The molecule has 3 aromatic carbocycles. The molecule has 0 radical (unpaired) electrons. The van der Waals surface area contributed by atoms with Crippen molar-refractivity contribution >= 4 is 32.7 Å². The Kier molecular flexibility index (Phi) is 6.89. The Morgan fingerprint density at radius 1 is 0.909 bits per heavy atom. The molecule has 0 atom stereocenters. The molecule has 0 bridgehead atoms. The molecule has 0 N–H and O–H groups in total. The van der Waals surface area contributed by atoms with Gasteiger partial charge >= 0.3 is 0 Å². The number of alkyl halides is 1. The number of ether oxygens (including phenoxy) is 4. The van der Waals surface area contributed by atoms with E-state index in [0.29, 0.717) is 46.3 Å². The van der Waals surface area contributed by atoms with Gasteiger partial charge in [-0.1, -0.05) is 34.1 Å². The Bertz CT molecular complexity index is 1250. The van der Waals surface area contributed by atoms with Crippen LogP contribution in [0.2, 0.25) is 0 Å². The minimum absolute atomic E-state index is 0.214. The van der Waals surface area contributed by atoms with Gasteiger partial charge in [-0.2, -0.15) is 0 Å². The molecule has 7 heteroatoms. The third-order valence-electron chi connectivity index (χ3n) is 5.21. The Hall–Kier alpha value is -3.45. The number of benzene rings is 3. The highest BCUT2D eigenvalue weighted by molar-refractivity contribution is 9.09. The van der Waals surface area contributed by atoms with Crippen molar-refractivity contribution in [3.8, 4) is 34.3 Å². The molecule has 0 saturated carbocycles. The summed E-state index contributed by atoms with van der Waals surface area (Å²) < 4.78 is 28.1. The third-order valence-corrected chi connectivity index (χ3v) is 5.54. The average molecular weight is 511 g/mol. The van der Waals surface area contributed by atoms with Crippen molar-refractivity contribution < 1.29 is 28.2 Å². The maximum Gasteiger partial charge on any atom is 0.203 e. The van der Waals surface area contributed by atoms with Crippen LogP contribution in [0, 0.1) is 0 Å². The lowest BCUT2D eigenvalue weighted by Gasteiger charge is -2.14. The Morgan fingerprint density at radius 2 is 1.58 bits per heavy atom. The van der Waals surface area contributed by atoms with E-state index in [1.807, 2.05) is 48.5 Å². The Morgan fingerprint density at radius 3 is 2.18 bits per heavy atom. The molecule has 1 aromatic heterocycles. The highest BCUT2D eigenvalue weighted by atomic mass is 79.9.